The molecule has 0 bridgehead atoms. The molecule has 112 valence electrons. The summed E-state index contributed by atoms with van der Waals surface area (Å²) in [6, 6.07) is 8.32. The Labute approximate surface area is 117 Å². The lowest BCUT2D eigenvalue weighted by atomic mass is 9.89. The number of nitrogens with zero attached hydrogens (tertiary/aromatic N) is 1. The molecule has 1 aliphatic heterocycles. The number of aryl methyl sites for hydroxylation is 1. The second-order valence-corrected chi connectivity index (χ2v) is 5.54. The first-order valence-electron chi connectivity index (χ1n) is 6.90. The zero-order valence-electron chi connectivity index (χ0n) is 11.5. The molecule has 1 aromatic carbocycles. The summed E-state index contributed by atoms with van der Waals surface area (Å²) in [7, 11) is 0. The van der Waals surface area contributed by atoms with Gasteiger partial charge < -0.3 is 10.0 Å². The highest BCUT2D eigenvalue weighted by Gasteiger charge is 2.39. The van der Waals surface area contributed by atoms with E-state index in [0.29, 0.717) is 19.0 Å². The average Bonchev–Trinajstić information content (AvgIpc) is 2.39. The van der Waals surface area contributed by atoms with Crippen LogP contribution < -0.4 is 0 Å². The molecule has 2 nitrogen and oxygen atoms in total. The summed E-state index contributed by atoms with van der Waals surface area (Å²) in [6.07, 6.45) is -5.08. The van der Waals surface area contributed by atoms with Crippen molar-refractivity contribution >= 4 is 0 Å². The Morgan fingerprint density at radius 1 is 1.20 bits per heavy atom. The predicted molar refractivity (Wildman–Crippen MR) is 71.7 cm³/mol. The van der Waals surface area contributed by atoms with Gasteiger partial charge in [0.25, 0.3) is 0 Å². The van der Waals surface area contributed by atoms with E-state index in [9.17, 15) is 13.2 Å². The van der Waals surface area contributed by atoms with Crippen LogP contribution in [0.1, 0.15) is 29.9 Å². The number of aliphatic hydroxyl groups excluding tert-OH is 1. The summed E-state index contributed by atoms with van der Waals surface area (Å²) >= 11 is 0. The van der Waals surface area contributed by atoms with Gasteiger partial charge >= 0.3 is 6.18 Å². The lowest BCUT2D eigenvalue weighted by molar-refractivity contribution is -0.208. The Kier molecular flexibility index (Phi) is 4.70. The molecule has 5 heteroatoms. The van der Waals surface area contributed by atoms with Gasteiger partial charge in [-0.1, -0.05) is 29.8 Å². The normalized spacial score (nSPS) is 20.1. The first-order chi connectivity index (χ1) is 9.36. The third kappa shape index (κ3) is 3.96. The van der Waals surface area contributed by atoms with Gasteiger partial charge in [0.1, 0.15) is 0 Å². The fourth-order valence-electron chi connectivity index (χ4n) is 2.64. The molecule has 20 heavy (non-hydrogen) atoms. The van der Waals surface area contributed by atoms with Crippen LogP contribution in [-0.4, -0.2) is 41.9 Å². The minimum atomic E-state index is -4.52. The van der Waals surface area contributed by atoms with Crippen LogP contribution in [0.3, 0.4) is 0 Å². The maximum Gasteiger partial charge on any atom is 0.415 e. The minimum Gasteiger partial charge on any atom is -0.382 e. The molecule has 1 N–H and O–H groups in total. The van der Waals surface area contributed by atoms with Crippen molar-refractivity contribution in [1.82, 2.24) is 4.90 Å². The van der Waals surface area contributed by atoms with E-state index in [1.807, 2.05) is 6.92 Å². The molecule has 1 fully saturated rings. The van der Waals surface area contributed by atoms with E-state index in [0.717, 1.165) is 12.8 Å². The van der Waals surface area contributed by atoms with Crippen molar-refractivity contribution in [1.29, 1.82) is 0 Å². The smallest absolute Gasteiger partial charge is 0.382 e. The van der Waals surface area contributed by atoms with Gasteiger partial charge in [-0.2, -0.15) is 13.2 Å². The number of likely N-dealkylation sites (tertiary alicyclic amines) is 1. The molecule has 0 spiro atoms. The maximum absolute atomic E-state index is 12.3. The highest BCUT2D eigenvalue weighted by atomic mass is 19.4. The van der Waals surface area contributed by atoms with E-state index in [4.69, 9.17) is 5.11 Å². The minimum absolute atomic E-state index is 0.315. The Morgan fingerprint density at radius 3 is 2.25 bits per heavy atom. The van der Waals surface area contributed by atoms with Crippen LogP contribution in [0.25, 0.3) is 0 Å². The second-order valence-electron chi connectivity index (χ2n) is 5.54. The third-order valence-electron chi connectivity index (χ3n) is 3.95. The van der Waals surface area contributed by atoms with E-state index in [1.54, 1.807) is 4.90 Å². The molecule has 1 aliphatic rings. The van der Waals surface area contributed by atoms with E-state index in [-0.39, 0.29) is 6.54 Å². The summed E-state index contributed by atoms with van der Waals surface area (Å²) in [5, 5.41) is 9.08. The monoisotopic (exact) mass is 287 g/mol. The van der Waals surface area contributed by atoms with Gasteiger partial charge in [-0.15, -0.1) is 0 Å². The predicted octanol–water partition coefficient (Wildman–Crippen LogP) is 3.10. The second kappa shape index (κ2) is 6.14. The van der Waals surface area contributed by atoms with Crippen LogP contribution in [0.15, 0.2) is 24.3 Å². The number of halogens is 3. The van der Waals surface area contributed by atoms with Crippen molar-refractivity contribution in [2.75, 3.05) is 19.6 Å². The van der Waals surface area contributed by atoms with E-state index in [1.165, 1.54) is 11.1 Å². The average molecular weight is 287 g/mol. The Hall–Kier alpha value is -1.07. The van der Waals surface area contributed by atoms with Gasteiger partial charge in [-0.05, 0) is 44.3 Å². The molecular formula is C15H20F3NO. The third-order valence-corrected chi connectivity index (χ3v) is 3.95. The molecule has 0 amide bonds. The molecule has 1 atom stereocenters. The first-order valence-corrected chi connectivity index (χ1v) is 6.90. The van der Waals surface area contributed by atoms with Crippen LogP contribution >= 0.6 is 0 Å². The van der Waals surface area contributed by atoms with Crippen LogP contribution in [-0.2, 0) is 0 Å². The van der Waals surface area contributed by atoms with Gasteiger partial charge in [-0.3, -0.25) is 0 Å². The Balaban J connectivity index is 1.85. The molecular weight excluding hydrogens is 267 g/mol. The summed E-state index contributed by atoms with van der Waals surface area (Å²) in [6.45, 7) is 2.92. The van der Waals surface area contributed by atoms with Gasteiger partial charge in [0.2, 0.25) is 0 Å². The standard InChI is InChI=1S/C15H20F3NO/c1-11-2-4-12(5-3-11)13-6-8-19(9-7-13)10-14(20)15(16,17)18/h2-5,13-14,20H,6-10H2,1H3. The topological polar surface area (TPSA) is 23.5 Å². The number of aliphatic hydroxyl groups is 1. The number of benzene rings is 1. The number of alkyl halides is 3. The maximum atomic E-state index is 12.3. The van der Waals surface area contributed by atoms with Crippen molar-refractivity contribution in [2.45, 2.75) is 38.0 Å². The summed E-state index contributed by atoms with van der Waals surface area (Å²) in [5.41, 5.74) is 2.46. The summed E-state index contributed by atoms with van der Waals surface area (Å²) < 4.78 is 36.9. The number of hydrogen-bond donors (Lipinski definition) is 1. The number of hydrogen-bond acceptors (Lipinski definition) is 2. The van der Waals surface area contributed by atoms with Crippen molar-refractivity contribution in [2.24, 2.45) is 0 Å². The molecule has 0 aliphatic carbocycles. The number of piperidine rings is 1. The molecule has 0 aromatic heterocycles. The summed E-state index contributed by atoms with van der Waals surface area (Å²) in [4.78, 5) is 1.70. The highest BCUT2D eigenvalue weighted by molar-refractivity contribution is 5.24. The molecule has 0 radical (unpaired) electrons. The highest BCUT2D eigenvalue weighted by Crippen LogP contribution is 2.29. The molecule has 1 aromatic rings. The quantitative estimate of drug-likeness (QED) is 0.923. The number of rotatable bonds is 3. The van der Waals surface area contributed by atoms with Crippen LogP contribution in [0, 0.1) is 6.92 Å². The zero-order chi connectivity index (χ0) is 14.8. The Morgan fingerprint density at radius 2 is 1.75 bits per heavy atom. The van der Waals surface area contributed by atoms with Gasteiger partial charge in [0.05, 0.1) is 0 Å². The van der Waals surface area contributed by atoms with E-state index in [2.05, 4.69) is 24.3 Å². The van der Waals surface area contributed by atoms with E-state index < -0.39 is 12.3 Å². The number of β-amino-alcohol motifs (C(OH)–C–C–N with tert-alkyl or cyclic N) is 1. The van der Waals surface area contributed by atoms with Gasteiger partial charge in [0.15, 0.2) is 6.10 Å². The van der Waals surface area contributed by atoms with E-state index >= 15 is 0 Å². The lowest BCUT2D eigenvalue weighted by Crippen LogP contribution is -2.43. The fraction of sp³-hybridized carbons (Fsp3) is 0.600. The van der Waals surface area contributed by atoms with Gasteiger partial charge in [0, 0.05) is 6.54 Å². The van der Waals surface area contributed by atoms with Crippen molar-refractivity contribution < 1.29 is 18.3 Å². The largest absolute Gasteiger partial charge is 0.415 e. The van der Waals surface area contributed by atoms with Gasteiger partial charge in [-0.25, -0.2) is 0 Å². The molecule has 1 unspecified atom stereocenters. The fourth-order valence-corrected chi connectivity index (χ4v) is 2.64. The SMILES string of the molecule is Cc1ccc(C2CCN(CC(O)C(F)(F)F)CC2)cc1. The van der Waals surface area contributed by atoms with Crippen LogP contribution in [0.4, 0.5) is 13.2 Å². The first kappa shape index (κ1) is 15.3. The van der Waals surface area contributed by atoms with Crippen LogP contribution in [0.5, 0.6) is 0 Å². The Bertz CT molecular complexity index is 422. The van der Waals surface area contributed by atoms with Crippen molar-refractivity contribution in [3.63, 3.8) is 0 Å². The van der Waals surface area contributed by atoms with Crippen molar-refractivity contribution in [3.8, 4) is 0 Å². The molecule has 1 saturated heterocycles. The zero-order valence-corrected chi connectivity index (χ0v) is 11.5. The lowest BCUT2D eigenvalue weighted by Gasteiger charge is -2.33. The van der Waals surface area contributed by atoms with Crippen LogP contribution in [0.2, 0.25) is 0 Å². The summed E-state index contributed by atoms with van der Waals surface area (Å²) in [5.74, 6) is 0.412. The molecule has 0 saturated carbocycles. The van der Waals surface area contributed by atoms with Crippen molar-refractivity contribution in [3.05, 3.63) is 35.4 Å². The molecule has 2 rings (SSSR count). The molecule has 1 heterocycles.